The largest absolute Gasteiger partial charge is 0.497 e. The van der Waals surface area contributed by atoms with Crippen LogP contribution in [0.1, 0.15) is 27.2 Å². The molecule has 0 spiro atoms. The van der Waals surface area contributed by atoms with Crippen molar-refractivity contribution in [2.75, 3.05) is 12.4 Å². The second kappa shape index (κ2) is 7.71. The van der Waals surface area contributed by atoms with Gasteiger partial charge in [0.15, 0.2) is 0 Å². The average Bonchev–Trinajstić information content (AvgIpc) is 3.24. The van der Waals surface area contributed by atoms with Crippen LogP contribution in [0, 0.1) is 17.0 Å². The first-order chi connectivity index (χ1) is 14.4. The Balaban J connectivity index is 1.75. The molecule has 3 aromatic rings. The third-order valence-corrected chi connectivity index (χ3v) is 6.17. The summed E-state index contributed by atoms with van der Waals surface area (Å²) in [5.41, 5.74) is 2.41. The van der Waals surface area contributed by atoms with E-state index in [1.54, 1.807) is 36.1 Å². The van der Waals surface area contributed by atoms with E-state index in [1.807, 2.05) is 0 Å². The number of nitrogens with one attached hydrogen (secondary N) is 1. The molecule has 4 rings (SSSR count). The molecule has 2 heterocycles. The Morgan fingerprint density at radius 2 is 1.97 bits per heavy atom. The number of amides is 1. The molecule has 0 saturated carbocycles. The summed E-state index contributed by atoms with van der Waals surface area (Å²) in [6.45, 7) is 1.54. The number of nitro benzene ring substituents is 1. The number of hydrogen-bond acceptors (Lipinski definition) is 6. The van der Waals surface area contributed by atoms with E-state index in [4.69, 9.17) is 4.74 Å². The van der Waals surface area contributed by atoms with Crippen molar-refractivity contribution < 1.29 is 18.7 Å². The van der Waals surface area contributed by atoms with Crippen LogP contribution < -0.4 is 10.1 Å². The minimum absolute atomic E-state index is 0.127. The first-order valence-corrected chi connectivity index (χ1v) is 10.5. The maximum absolute atomic E-state index is 13.0. The third-order valence-electron chi connectivity index (χ3n) is 4.97. The zero-order valence-corrected chi connectivity index (χ0v) is 17.1. The molecule has 9 nitrogen and oxygen atoms in total. The van der Waals surface area contributed by atoms with Crippen molar-refractivity contribution in [3.63, 3.8) is 0 Å². The Labute approximate surface area is 174 Å². The summed E-state index contributed by atoms with van der Waals surface area (Å²) in [7, 11) is 0.491. The molecule has 154 valence electrons. The van der Waals surface area contributed by atoms with E-state index in [9.17, 15) is 19.1 Å². The number of nitrogens with zero attached hydrogens (tertiary/aromatic N) is 3. The summed E-state index contributed by atoms with van der Waals surface area (Å²) in [4.78, 5) is 23.7. The summed E-state index contributed by atoms with van der Waals surface area (Å²) >= 11 is 0. The normalized spacial score (nSPS) is 14.9. The van der Waals surface area contributed by atoms with Crippen LogP contribution in [0.2, 0.25) is 0 Å². The van der Waals surface area contributed by atoms with Gasteiger partial charge in [0.1, 0.15) is 11.6 Å². The molecule has 0 radical (unpaired) electrons. The van der Waals surface area contributed by atoms with Crippen molar-refractivity contribution in [3.8, 4) is 11.4 Å². The van der Waals surface area contributed by atoms with E-state index < -0.39 is 21.6 Å². The molecule has 2 aromatic carbocycles. The number of fused-ring (bicyclic) bond motifs is 1. The van der Waals surface area contributed by atoms with Crippen molar-refractivity contribution in [2.45, 2.75) is 18.4 Å². The lowest BCUT2D eigenvalue weighted by Crippen LogP contribution is -2.18. The first-order valence-electron chi connectivity index (χ1n) is 9.04. The van der Waals surface area contributed by atoms with Gasteiger partial charge >= 0.3 is 0 Å². The van der Waals surface area contributed by atoms with Crippen molar-refractivity contribution in [3.05, 3.63) is 75.0 Å². The highest BCUT2D eigenvalue weighted by Crippen LogP contribution is 2.32. The van der Waals surface area contributed by atoms with Gasteiger partial charge in [-0.25, -0.2) is 4.68 Å². The number of aromatic nitrogens is 2. The van der Waals surface area contributed by atoms with Crippen LogP contribution in [0.25, 0.3) is 5.69 Å². The Morgan fingerprint density at radius 1 is 1.23 bits per heavy atom. The summed E-state index contributed by atoms with van der Waals surface area (Å²) in [5, 5.41) is 18.6. The number of methoxy groups -OCH3 is 1. The summed E-state index contributed by atoms with van der Waals surface area (Å²) in [6.07, 6.45) is 0. The third kappa shape index (κ3) is 3.45. The minimum atomic E-state index is -1.08. The van der Waals surface area contributed by atoms with E-state index in [0.717, 1.165) is 0 Å². The lowest BCUT2D eigenvalue weighted by Gasteiger charge is -2.12. The molecular weight excluding hydrogens is 408 g/mol. The maximum Gasteiger partial charge on any atom is 0.273 e. The van der Waals surface area contributed by atoms with Gasteiger partial charge in [0, 0.05) is 33.6 Å². The summed E-state index contributed by atoms with van der Waals surface area (Å²) in [5.74, 6) is 1.20. The highest BCUT2D eigenvalue weighted by atomic mass is 32.2. The number of hydrogen-bond donors (Lipinski definition) is 1. The molecule has 30 heavy (non-hydrogen) atoms. The molecule has 0 bridgehead atoms. The Hall–Kier alpha value is -3.53. The van der Waals surface area contributed by atoms with Gasteiger partial charge in [0.25, 0.3) is 11.6 Å². The van der Waals surface area contributed by atoms with Gasteiger partial charge in [-0.1, -0.05) is 6.07 Å². The molecule has 1 N–H and O–H groups in total. The van der Waals surface area contributed by atoms with Gasteiger partial charge in [0.2, 0.25) is 0 Å². The van der Waals surface area contributed by atoms with E-state index in [0.29, 0.717) is 34.3 Å². The quantitative estimate of drug-likeness (QED) is 0.495. The Bertz CT molecular complexity index is 1190. The molecule has 1 atom stereocenters. The molecule has 1 aromatic heterocycles. The van der Waals surface area contributed by atoms with Gasteiger partial charge in [0.05, 0.1) is 34.9 Å². The predicted molar refractivity (Wildman–Crippen MR) is 111 cm³/mol. The number of benzene rings is 2. The van der Waals surface area contributed by atoms with E-state index >= 15 is 0 Å². The van der Waals surface area contributed by atoms with E-state index in [1.165, 1.54) is 25.1 Å². The molecular formula is C20H18N4O5S. The predicted octanol–water partition coefficient (Wildman–Crippen LogP) is 3.11. The van der Waals surface area contributed by atoms with Crippen LogP contribution in [-0.4, -0.2) is 31.9 Å². The van der Waals surface area contributed by atoms with Gasteiger partial charge in [-0.2, -0.15) is 5.10 Å². The van der Waals surface area contributed by atoms with Crippen molar-refractivity contribution in [1.82, 2.24) is 9.78 Å². The minimum Gasteiger partial charge on any atom is -0.497 e. The number of nitro groups is 1. The number of carbonyl (C=O) groups is 1. The number of carbonyl (C=O) groups excluding carboxylic acids is 1. The SMILES string of the molecule is COc1ccc(-n2nc3c(c2NC(=O)c2cccc([N+](=O)[O-])c2C)C[S@](=O)C3)cc1. The highest BCUT2D eigenvalue weighted by molar-refractivity contribution is 7.83. The molecule has 0 saturated heterocycles. The van der Waals surface area contributed by atoms with Gasteiger partial charge < -0.3 is 10.1 Å². The van der Waals surface area contributed by atoms with E-state index in [2.05, 4.69) is 10.4 Å². The average molecular weight is 426 g/mol. The van der Waals surface area contributed by atoms with Crippen LogP contribution in [0.5, 0.6) is 5.75 Å². The van der Waals surface area contributed by atoms with Crippen LogP contribution in [0.15, 0.2) is 42.5 Å². The molecule has 1 amide bonds. The number of rotatable bonds is 5. The topological polar surface area (TPSA) is 116 Å². The molecule has 0 unspecified atom stereocenters. The standard InChI is InChI=1S/C20H18N4O5S/c1-12-15(4-3-5-18(12)24(26)27)20(25)21-19-16-10-30(28)11-17(16)22-23(19)13-6-8-14(29-2)9-7-13/h3-9H,10-11H2,1-2H3,(H,21,25)/t30-/m0/s1. The first kappa shape index (κ1) is 19.8. The lowest BCUT2D eigenvalue weighted by molar-refractivity contribution is -0.385. The van der Waals surface area contributed by atoms with Crippen molar-refractivity contribution in [1.29, 1.82) is 0 Å². The zero-order valence-electron chi connectivity index (χ0n) is 16.2. The Morgan fingerprint density at radius 3 is 2.63 bits per heavy atom. The van der Waals surface area contributed by atoms with Crippen LogP contribution in [0.3, 0.4) is 0 Å². The molecule has 10 heteroatoms. The van der Waals surface area contributed by atoms with Crippen molar-refractivity contribution in [2.24, 2.45) is 0 Å². The fourth-order valence-electron chi connectivity index (χ4n) is 3.41. The second-order valence-electron chi connectivity index (χ2n) is 6.77. The fraction of sp³-hybridized carbons (Fsp3) is 0.200. The van der Waals surface area contributed by atoms with Crippen LogP contribution in [-0.2, 0) is 22.3 Å². The van der Waals surface area contributed by atoms with Crippen LogP contribution >= 0.6 is 0 Å². The van der Waals surface area contributed by atoms with Gasteiger partial charge in [-0.05, 0) is 37.3 Å². The van der Waals surface area contributed by atoms with Crippen LogP contribution in [0.4, 0.5) is 11.5 Å². The Kier molecular flexibility index (Phi) is 5.08. The smallest absolute Gasteiger partial charge is 0.273 e. The fourth-order valence-corrected chi connectivity index (χ4v) is 4.67. The zero-order chi connectivity index (χ0) is 21.4. The maximum atomic E-state index is 13.0. The monoisotopic (exact) mass is 426 g/mol. The van der Waals surface area contributed by atoms with E-state index in [-0.39, 0.29) is 22.6 Å². The number of anilines is 1. The van der Waals surface area contributed by atoms with Gasteiger partial charge in [-0.3, -0.25) is 19.1 Å². The number of ether oxygens (including phenoxy) is 1. The lowest BCUT2D eigenvalue weighted by atomic mass is 10.1. The molecule has 0 fully saturated rings. The summed E-state index contributed by atoms with van der Waals surface area (Å²) < 4.78 is 18.8. The summed E-state index contributed by atoms with van der Waals surface area (Å²) in [6, 6.07) is 11.5. The second-order valence-corrected chi connectivity index (χ2v) is 8.23. The molecule has 1 aliphatic rings. The molecule has 0 aliphatic carbocycles. The highest BCUT2D eigenvalue weighted by Gasteiger charge is 2.29. The molecule has 1 aliphatic heterocycles. The van der Waals surface area contributed by atoms with Crippen molar-refractivity contribution >= 4 is 28.2 Å². The van der Waals surface area contributed by atoms with Gasteiger partial charge in [-0.15, -0.1) is 0 Å².